The molecule has 1 atom stereocenters. The number of hydrogen-bond donors (Lipinski definition) is 4. The summed E-state index contributed by atoms with van der Waals surface area (Å²) in [6, 6.07) is 3.09. The Morgan fingerprint density at radius 1 is 1.50 bits per heavy atom. The molecule has 130 valence electrons. The molecule has 0 radical (unpaired) electrons. The van der Waals surface area contributed by atoms with Gasteiger partial charge in [-0.2, -0.15) is 11.8 Å². The minimum Gasteiger partial charge on any atom is -0.534 e. The molecule has 0 spiro atoms. The standard InChI is InChI=1S/C14H18BNO7S/c1-24-7-11(18)16-10-6-8-2-3-9(22-5-4-17)12(14(19)20)13(8)23-15(10)21/h2-3,10,17,21H,4-7H2,1H3,(H,16,18)(H,19,20). The SMILES string of the molecule is CSCC(=O)NC1Cc2ccc(OCCO)c(C(=O)O)c2OB1O. The molecule has 0 fully saturated rings. The van der Waals surface area contributed by atoms with Gasteiger partial charge in [0.2, 0.25) is 5.91 Å². The highest BCUT2D eigenvalue weighted by molar-refractivity contribution is 7.99. The summed E-state index contributed by atoms with van der Waals surface area (Å²) < 4.78 is 10.6. The number of fused-ring (bicyclic) bond motifs is 1. The van der Waals surface area contributed by atoms with E-state index in [0.29, 0.717) is 5.56 Å². The summed E-state index contributed by atoms with van der Waals surface area (Å²) in [5.74, 6) is -1.85. The second kappa shape index (κ2) is 8.27. The van der Waals surface area contributed by atoms with Crippen molar-refractivity contribution < 1.29 is 34.2 Å². The summed E-state index contributed by atoms with van der Waals surface area (Å²) in [6.07, 6.45) is 2.02. The number of aliphatic hydroxyl groups excluding tert-OH is 1. The van der Waals surface area contributed by atoms with Crippen LogP contribution >= 0.6 is 11.8 Å². The van der Waals surface area contributed by atoms with Crippen molar-refractivity contribution >= 4 is 30.8 Å². The molecular weight excluding hydrogens is 337 g/mol. The largest absolute Gasteiger partial charge is 0.547 e. The molecule has 1 aliphatic rings. The monoisotopic (exact) mass is 355 g/mol. The van der Waals surface area contributed by atoms with Crippen LogP contribution in [0.3, 0.4) is 0 Å². The van der Waals surface area contributed by atoms with E-state index in [1.165, 1.54) is 17.8 Å². The van der Waals surface area contributed by atoms with Gasteiger partial charge >= 0.3 is 13.1 Å². The third-order valence-corrected chi connectivity index (χ3v) is 3.96. The molecule has 1 aromatic rings. The smallest absolute Gasteiger partial charge is 0.534 e. The normalized spacial score (nSPS) is 16.1. The number of aromatic carboxylic acids is 1. The van der Waals surface area contributed by atoms with Gasteiger partial charge in [-0.3, -0.25) is 4.79 Å². The number of ether oxygens (including phenoxy) is 1. The second-order valence-electron chi connectivity index (χ2n) is 5.12. The van der Waals surface area contributed by atoms with Gasteiger partial charge in [-0.25, -0.2) is 4.79 Å². The first-order valence-corrected chi connectivity index (χ1v) is 8.63. The molecule has 1 amide bonds. The van der Waals surface area contributed by atoms with Crippen LogP contribution in [0, 0.1) is 0 Å². The molecule has 1 aliphatic heterocycles. The lowest BCUT2D eigenvalue weighted by Crippen LogP contribution is -2.53. The summed E-state index contributed by atoms with van der Waals surface area (Å²) in [7, 11) is -1.37. The Morgan fingerprint density at radius 2 is 2.25 bits per heavy atom. The van der Waals surface area contributed by atoms with E-state index in [0.717, 1.165) is 0 Å². The number of thioether (sulfide) groups is 1. The quantitative estimate of drug-likeness (QED) is 0.485. The van der Waals surface area contributed by atoms with Crippen LogP contribution in [0.25, 0.3) is 0 Å². The fourth-order valence-corrected chi connectivity index (χ4v) is 2.77. The number of carboxylic acids is 1. The van der Waals surface area contributed by atoms with E-state index < -0.39 is 19.0 Å². The Hall–Kier alpha value is -1.91. The van der Waals surface area contributed by atoms with Crippen molar-refractivity contribution in [2.45, 2.75) is 12.4 Å². The van der Waals surface area contributed by atoms with Crippen LogP contribution in [0.15, 0.2) is 12.1 Å². The van der Waals surface area contributed by atoms with Gasteiger partial charge in [-0.1, -0.05) is 6.07 Å². The Balaban J connectivity index is 2.27. The average Bonchev–Trinajstić information content (AvgIpc) is 2.53. The van der Waals surface area contributed by atoms with Crippen molar-refractivity contribution in [2.75, 3.05) is 25.2 Å². The van der Waals surface area contributed by atoms with Crippen molar-refractivity contribution in [1.29, 1.82) is 0 Å². The molecule has 0 bridgehead atoms. The Bertz CT molecular complexity index is 627. The molecular formula is C14H18BNO7S. The molecule has 8 nitrogen and oxygen atoms in total. The Morgan fingerprint density at radius 3 is 2.88 bits per heavy atom. The van der Waals surface area contributed by atoms with Gasteiger partial charge in [0.25, 0.3) is 0 Å². The average molecular weight is 355 g/mol. The topological polar surface area (TPSA) is 125 Å². The number of amides is 1. The van der Waals surface area contributed by atoms with Crippen molar-refractivity contribution in [1.82, 2.24) is 5.32 Å². The van der Waals surface area contributed by atoms with Crippen molar-refractivity contribution in [3.8, 4) is 11.5 Å². The highest BCUT2D eigenvalue weighted by Gasteiger charge is 2.38. The lowest BCUT2D eigenvalue weighted by molar-refractivity contribution is -0.118. The van der Waals surface area contributed by atoms with Gasteiger partial charge < -0.3 is 29.9 Å². The van der Waals surface area contributed by atoms with Crippen LogP contribution in [-0.2, 0) is 11.2 Å². The maximum absolute atomic E-state index is 11.7. The summed E-state index contributed by atoms with van der Waals surface area (Å²) in [6.45, 7) is -0.321. The molecule has 10 heteroatoms. The van der Waals surface area contributed by atoms with Gasteiger partial charge in [0, 0.05) is 0 Å². The summed E-state index contributed by atoms with van der Waals surface area (Å²) in [4.78, 5) is 23.2. The lowest BCUT2D eigenvalue weighted by Gasteiger charge is -2.29. The van der Waals surface area contributed by atoms with Gasteiger partial charge in [-0.15, -0.1) is 0 Å². The van der Waals surface area contributed by atoms with E-state index in [-0.39, 0.29) is 48.4 Å². The highest BCUT2D eigenvalue weighted by atomic mass is 32.2. The Kier molecular flexibility index (Phi) is 6.35. The van der Waals surface area contributed by atoms with Gasteiger partial charge in [-0.05, 0) is 24.3 Å². The van der Waals surface area contributed by atoms with Crippen LogP contribution in [0.4, 0.5) is 0 Å². The van der Waals surface area contributed by atoms with E-state index >= 15 is 0 Å². The summed E-state index contributed by atoms with van der Waals surface area (Å²) in [5, 5.41) is 31.0. The summed E-state index contributed by atoms with van der Waals surface area (Å²) in [5.41, 5.74) is 0.331. The van der Waals surface area contributed by atoms with Gasteiger partial charge in [0.1, 0.15) is 23.7 Å². The van der Waals surface area contributed by atoms with Crippen LogP contribution in [-0.4, -0.2) is 65.4 Å². The number of rotatable bonds is 7. The first kappa shape index (κ1) is 18.4. The number of carbonyl (C=O) groups excluding carboxylic acids is 1. The fraction of sp³-hybridized carbons (Fsp3) is 0.429. The molecule has 2 rings (SSSR count). The minimum absolute atomic E-state index is 0.0146. The highest BCUT2D eigenvalue weighted by Crippen LogP contribution is 2.36. The zero-order valence-corrected chi connectivity index (χ0v) is 13.8. The number of aliphatic hydroxyl groups is 1. The van der Waals surface area contributed by atoms with Crippen LogP contribution < -0.4 is 14.7 Å². The number of hydrogen-bond acceptors (Lipinski definition) is 7. The number of carbonyl (C=O) groups is 2. The maximum atomic E-state index is 11.7. The fourth-order valence-electron chi connectivity index (χ4n) is 2.42. The van der Waals surface area contributed by atoms with Crippen LogP contribution in [0.5, 0.6) is 11.5 Å². The van der Waals surface area contributed by atoms with E-state index in [2.05, 4.69) is 5.32 Å². The minimum atomic E-state index is -1.37. The van der Waals surface area contributed by atoms with Crippen LogP contribution in [0.1, 0.15) is 15.9 Å². The molecule has 0 aromatic heterocycles. The first-order chi connectivity index (χ1) is 11.5. The molecule has 0 aliphatic carbocycles. The Labute approximate surface area is 143 Å². The molecule has 1 unspecified atom stereocenters. The molecule has 4 N–H and O–H groups in total. The molecule has 0 saturated carbocycles. The van der Waals surface area contributed by atoms with Crippen molar-refractivity contribution in [2.24, 2.45) is 0 Å². The van der Waals surface area contributed by atoms with Gasteiger partial charge in [0.15, 0.2) is 0 Å². The number of carboxylic acid groups (broad SMARTS) is 1. The van der Waals surface area contributed by atoms with Crippen LogP contribution in [0.2, 0.25) is 0 Å². The maximum Gasteiger partial charge on any atom is 0.547 e. The van der Waals surface area contributed by atoms with E-state index in [1.54, 1.807) is 12.3 Å². The third-order valence-electron chi connectivity index (χ3n) is 3.41. The van der Waals surface area contributed by atoms with E-state index in [1.807, 2.05) is 0 Å². The predicted molar refractivity (Wildman–Crippen MR) is 88.6 cm³/mol. The lowest BCUT2D eigenvalue weighted by atomic mass is 9.72. The van der Waals surface area contributed by atoms with Crippen molar-refractivity contribution in [3.63, 3.8) is 0 Å². The molecule has 1 heterocycles. The summed E-state index contributed by atoms with van der Waals surface area (Å²) >= 11 is 1.35. The number of nitrogens with one attached hydrogen (secondary N) is 1. The zero-order chi connectivity index (χ0) is 17.7. The zero-order valence-electron chi connectivity index (χ0n) is 13.0. The van der Waals surface area contributed by atoms with Gasteiger partial charge in [0.05, 0.1) is 18.3 Å². The van der Waals surface area contributed by atoms with E-state index in [9.17, 15) is 19.7 Å². The third kappa shape index (κ3) is 4.13. The van der Waals surface area contributed by atoms with Crippen molar-refractivity contribution in [3.05, 3.63) is 23.3 Å². The predicted octanol–water partition coefficient (Wildman–Crippen LogP) is -0.442. The first-order valence-electron chi connectivity index (χ1n) is 7.23. The van der Waals surface area contributed by atoms with E-state index in [4.69, 9.17) is 14.5 Å². The molecule has 0 saturated heterocycles. The molecule has 1 aromatic carbocycles. The molecule has 24 heavy (non-hydrogen) atoms. The second-order valence-corrected chi connectivity index (χ2v) is 5.99. The number of benzene rings is 1.